The number of rotatable bonds is 16. The number of hydrogen-bond acceptors (Lipinski definition) is 14. The van der Waals surface area contributed by atoms with Crippen LogP contribution in [-0.2, 0) is 9.47 Å². The van der Waals surface area contributed by atoms with Gasteiger partial charge in [0.05, 0.1) is 63.4 Å². The lowest BCUT2D eigenvalue weighted by molar-refractivity contribution is 0.0682. The Balaban J connectivity index is 0.000000240. The van der Waals surface area contributed by atoms with Crippen molar-refractivity contribution in [3.8, 4) is 0 Å². The van der Waals surface area contributed by atoms with Crippen LogP contribution in [0.25, 0.3) is 22.3 Å². The van der Waals surface area contributed by atoms with Crippen LogP contribution in [0.1, 0.15) is 51.6 Å². The van der Waals surface area contributed by atoms with Gasteiger partial charge < -0.3 is 50.5 Å². The van der Waals surface area contributed by atoms with E-state index in [0.717, 1.165) is 0 Å². The molecule has 0 saturated carbocycles. The summed E-state index contributed by atoms with van der Waals surface area (Å²) < 4.78 is 13.6. The lowest BCUT2D eigenvalue weighted by atomic mass is 10.1. The van der Waals surface area contributed by atoms with E-state index in [1.807, 2.05) is 0 Å². The second kappa shape index (κ2) is 16.8. The highest BCUT2D eigenvalue weighted by Crippen LogP contribution is 2.22. The van der Waals surface area contributed by atoms with E-state index in [1.54, 1.807) is 23.0 Å². The fraction of sp³-hybridized carbons (Fsp3) is 0.615. The highest BCUT2D eigenvalue weighted by Gasteiger charge is 2.22. The van der Waals surface area contributed by atoms with Crippen LogP contribution in [0.4, 0.5) is 11.9 Å². The average Bonchev–Trinajstić information content (AvgIpc) is 3.59. The molecule has 0 fully saturated rings. The van der Waals surface area contributed by atoms with Gasteiger partial charge in [0.25, 0.3) is 11.1 Å². The highest BCUT2D eigenvalue weighted by molar-refractivity contribution is 5.71. The normalized spacial score (nSPS) is 14.3. The summed E-state index contributed by atoms with van der Waals surface area (Å²) in [5.74, 6) is 0.0192. The van der Waals surface area contributed by atoms with Gasteiger partial charge in [0, 0.05) is 13.2 Å². The summed E-state index contributed by atoms with van der Waals surface area (Å²) in [4.78, 5) is 45.0. The number of imidazole rings is 2. The van der Waals surface area contributed by atoms with E-state index in [1.165, 1.54) is 12.7 Å². The lowest BCUT2D eigenvalue weighted by Crippen LogP contribution is -2.24. The summed E-state index contributed by atoms with van der Waals surface area (Å²) in [6.07, 6.45) is 4.06. The van der Waals surface area contributed by atoms with E-state index in [4.69, 9.17) is 31.2 Å². The van der Waals surface area contributed by atoms with Crippen molar-refractivity contribution >= 4 is 34.2 Å². The minimum Gasteiger partial charge on any atom is -0.394 e. The molecule has 4 atom stereocenters. The van der Waals surface area contributed by atoms with Gasteiger partial charge in [-0.2, -0.15) is 9.97 Å². The maximum absolute atomic E-state index is 12.1. The van der Waals surface area contributed by atoms with E-state index in [9.17, 15) is 19.8 Å². The molecule has 244 valence electrons. The molecule has 0 bridgehead atoms. The van der Waals surface area contributed by atoms with Crippen LogP contribution in [0.15, 0.2) is 22.2 Å². The fourth-order valence-corrected chi connectivity index (χ4v) is 4.66. The maximum Gasteiger partial charge on any atom is 0.278 e. The number of H-pyrrole nitrogens is 2. The predicted octanol–water partition coefficient (Wildman–Crippen LogP) is -1.17. The van der Waals surface area contributed by atoms with Gasteiger partial charge in [0.15, 0.2) is 22.3 Å². The Morgan fingerprint density at radius 2 is 1.27 bits per heavy atom. The zero-order valence-electron chi connectivity index (χ0n) is 24.8. The molecule has 0 aliphatic carbocycles. The first-order valence-corrected chi connectivity index (χ1v) is 14.3. The predicted molar refractivity (Wildman–Crippen MR) is 161 cm³/mol. The van der Waals surface area contributed by atoms with Gasteiger partial charge in [0.2, 0.25) is 11.9 Å². The number of aliphatic hydroxyl groups excluding tert-OH is 4. The smallest absolute Gasteiger partial charge is 0.278 e. The molecule has 4 rings (SSSR count). The van der Waals surface area contributed by atoms with Crippen LogP contribution in [-0.4, -0.2) is 111 Å². The van der Waals surface area contributed by atoms with Gasteiger partial charge >= 0.3 is 0 Å². The van der Waals surface area contributed by atoms with Crippen molar-refractivity contribution in [3.05, 3.63) is 33.4 Å². The molecule has 0 aliphatic rings. The number of aromatic nitrogens is 8. The summed E-state index contributed by atoms with van der Waals surface area (Å²) in [6, 6.07) is -0.663. The van der Waals surface area contributed by atoms with Gasteiger partial charge in [-0.15, -0.1) is 0 Å². The van der Waals surface area contributed by atoms with Gasteiger partial charge in [-0.05, 0) is 39.5 Å². The molecule has 0 radical (unpaired) electrons. The van der Waals surface area contributed by atoms with Crippen LogP contribution in [0.2, 0.25) is 0 Å². The van der Waals surface area contributed by atoms with Gasteiger partial charge in [-0.25, -0.2) is 9.97 Å². The Hall–Kier alpha value is -3.94. The van der Waals surface area contributed by atoms with Crippen LogP contribution < -0.4 is 22.6 Å². The largest absolute Gasteiger partial charge is 0.394 e. The average molecular weight is 623 g/mol. The number of fused-ring (bicyclic) bond motifs is 2. The fourth-order valence-electron chi connectivity index (χ4n) is 4.66. The lowest BCUT2D eigenvalue weighted by Gasteiger charge is -2.21. The van der Waals surface area contributed by atoms with E-state index in [0.29, 0.717) is 45.5 Å². The Bertz CT molecular complexity index is 1570. The molecule has 4 heterocycles. The third kappa shape index (κ3) is 9.04. The Morgan fingerprint density at radius 3 is 1.77 bits per heavy atom. The Labute approximate surface area is 251 Å². The second-order valence-corrected chi connectivity index (χ2v) is 10.1. The molecule has 4 unspecified atom stereocenters. The van der Waals surface area contributed by atoms with Crippen molar-refractivity contribution in [1.29, 1.82) is 0 Å². The molecule has 0 amide bonds. The van der Waals surface area contributed by atoms with E-state index >= 15 is 0 Å². The van der Waals surface area contributed by atoms with Gasteiger partial charge in [-0.3, -0.25) is 19.6 Å². The van der Waals surface area contributed by atoms with E-state index < -0.39 is 12.2 Å². The molecular weight excluding hydrogens is 580 g/mol. The van der Waals surface area contributed by atoms with E-state index in [-0.39, 0.29) is 77.2 Å². The standard InChI is InChI=1S/2C13H21N5O4/c1-8(20)9(3-2-5-22-6-4-19)18-7-15-11-10(18)12(21)17-13(14)16-11;1-8(9(20)3-2-5-22-6-4-19)18-7-15-11-10(18)12(21)17-13(14)16-11/h2*7-9,19-20H,2-6H2,1H3,(H3,14,16,17,21). The minimum atomic E-state index is -0.674. The van der Waals surface area contributed by atoms with Crippen LogP contribution in [0.3, 0.4) is 0 Å². The molecule has 10 N–H and O–H groups in total. The topological polar surface area (TPSA) is 279 Å². The highest BCUT2D eigenvalue weighted by atomic mass is 16.5. The molecule has 4 aromatic heterocycles. The third-order valence-corrected chi connectivity index (χ3v) is 6.87. The summed E-state index contributed by atoms with van der Waals surface area (Å²) in [6.45, 7) is 4.94. The van der Waals surface area contributed by atoms with Crippen LogP contribution in [0.5, 0.6) is 0 Å². The summed E-state index contributed by atoms with van der Waals surface area (Å²) in [7, 11) is 0. The van der Waals surface area contributed by atoms with Crippen molar-refractivity contribution in [2.45, 2.75) is 63.8 Å². The van der Waals surface area contributed by atoms with Crippen molar-refractivity contribution in [3.63, 3.8) is 0 Å². The number of nitrogens with zero attached hydrogens (tertiary/aromatic N) is 6. The molecule has 0 aliphatic heterocycles. The maximum atomic E-state index is 12.1. The van der Waals surface area contributed by atoms with Crippen LogP contribution in [0, 0.1) is 0 Å². The Morgan fingerprint density at radius 1 is 0.795 bits per heavy atom. The summed E-state index contributed by atoms with van der Waals surface area (Å²) in [5.41, 5.74) is 11.3. The number of ether oxygens (including phenoxy) is 2. The number of nitrogens with one attached hydrogen (secondary N) is 2. The monoisotopic (exact) mass is 622 g/mol. The quantitative estimate of drug-likeness (QED) is 0.0684. The van der Waals surface area contributed by atoms with Gasteiger partial charge in [0.1, 0.15) is 0 Å². The van der Waals surface area contributed by atoms with E-state index in [2.05, 4.69) is 29.9 Å². The molecule has 4 aromatic rings. The molecular formula is C26H42N10O8. The molecule has 18 nitrogen and oxygen atoms in total. The van der Waals surface area contributed by atoms with Crippen molar-refractivity contribution in [2.24, 2.45) is 0 Å². The molecule has 0 saturated heterocycles. The molecule has 18 heteroatoms. The second-order valence-electron chi connectivity index (χ2n) is 10.1. The van der Waals surface area contributed by atoms with Crippen molar-refractivity contribution < 1.29 is 29.9 Å². The number of anilines is 2. The number of aromatic amines is 2. The first-order chi connectivity index (χ1) is 21.1. The minimum absolute atomic E-state index is 0.00810. The number of nitrogen functional groups attached to an aromatic ring is 2. The zero-order chi connectivity index (χ0) is 32.2. The Kier molecular flexibility index (Phi) is 13.2. The molecule has 0 aromatic carbocycles. The molecule has 0 spiro atoms. The summed E-state index contributed by atoms with van der Waals surface area (Å²) >= 11 is 0. The summed E-state index contributed by atoms with van der Waals surface area (Å²) in [5, 5.41) is 37.5. The first kappa shape index (κ1) is 34.5. The number of hydrogen-bond donors (Lipinski definition) is 8. The molecule has 44 heavy (non-hydrogen) atoms. The third-order valence-electron chi connectivity index (χ3n) is 6.87. The SMILES string of the molecule is CC(C(O)CCCOCCO)n1cnc2nc(N)[nH]c(=O)c21.CC(O)C(CCCOCCO)n1cnc2nc(N)[nH]c(=O)c21. The van der Waals surface area contributed by atoms with Crippen molar-refractivity contribution in [2.75, 3.05) is 51.1 Å². The number of aliphatic hydroxyl groups is 4. The van der Waals surface area contributed by atoms with Crippen molar-refractivity contribution in [1.82, 2.24) is 39.0 Å². The number of nitrogens with two attached hydrogens (primary N) is 2. The first-order valence-electron chi connectivity index (χ1n) is 14.3. The zero-order valence-corrected chi connectivity index (χ0v) is 24.8. The van der Waals surface area contributed by atoms with Crippen LogP contribution >= 0.6 is 0 Å². The van der Waals surface area contributed by atoms with Gasteiger partial charge in [-0.1, -0.05) is 0 Å².